The first-order valence-electron chi connectivity index (χ1n) is 9.99. The molecule has 0 radical (unpaired) electrons. The minimum Gasteiger partial charge on any atom is -0.495 e. The third-order valence-electron chi connectivity index (χ3n) is 5.34. The van der Waals surface area contributed by atoms with Crippen molar-refractivity contribution in [2.24, 2.45) is 0 Å². The molecule has 150 valence electrons. The van der Waals surface area contributed by atoms with Crippen LogP contribution in [0.4, 0.5) is 5.69 Å². The van der Waals surface area contributed by atoms with E-state index >= 15 is 0 Å². The fourth-order valence-electron chi connectivity index (χ4n) is 3.71. The summed E-state index contributed by atoms with van der Waals surface area (Å²) in [5, 5.41) is 4.41. The lowest BCUT2D eigenvalue weighted by atomic mass is 10.1. The number of amides is 1. The molecule has 1 saturated heterocycles. The molecule has 4 rings (SSSR count). The van der Waals surface area contributed by atoms with Gasteiger partial charge in [-0.1, -0.05) is 30.3 Å². The Bertz CT molecular complexity index is 946. The van der Waals surface area contributed by atoms with Gasteiger partial charge in [-0.3, -0.25) is 4.79 Å². The second-order valence-electron chi connectivity index (χ2n) is 7.17. The van der Waals surface area contributed by atoms with E-state index in [-0.39, 0.29) is 5.91 Å². The Morgan fingerprint density at radius 1 is 1.00 bits per heavy atom. The molecule has 1 aliphatic rings. The van der Waals surface area contributed by atoms with E-state index in [2.05, 4.69) is 16.1 Å². The highest BCUT2D eigenvalue weighted by atomic mass is 16.5. The molecule has 0 unspecified atom stereocenters. The van der Waals surface area contributed by atoms with E-state index < -0.39 is 0 Å². The molecule has 6 heteroatoms. The summed E-state index contributed by atoms with van der Waals surface area (Å²) in [7, 11) is 1.69. The number of piperazine rings is 1. The largest absolute Gasteiger partial charge is 0.495 e. The van der Waals surface area contributed by atoms with Gasteiger partial charge in [-0.15, -0.1) is 0 Å². The summed E-state index contributed by atoms with van der Waals surface area (Å²) >= 11 is 0. The van der Waals surface area contributed by atoms with Crippen LogP contribution in [0, 0.1) is 0 Å². The summed E-state index contributed by atoms with van der Waals surface area (Å²) in [5.74, 6) is 1.08. The van der Waals surface area contributed by atoms with Crippen molar-refractivity contribution in [2.45, 2.75) is 12.8 Å². The topological polar surface area (TPSA) is 50.6 Å². The number of carbonyl (C=O) groups is 1. The lowest BCUT2D eigenvalue weighted by molar-refractivity contribution is -0.131. The van der Waals surface area contributed by atoms with Crippen molar-refractivity contribution in [3.8, 4) is 11.4 Å². The maximum Gasteiger partial charge on any atom is 0.223 e. The van der Waals surface area contributed by atoms with Crippen LogP contribution >= 0.6 is 0 Å². The summed E-state index contributed by atoms with van der Waals surface area (Å²) < 4.78 is 7.32. The highest BCUT2D eigenvalue weighted by molar-refractivity contribution is 5.77. The van der Waals surface area contributed by atoms with Crippen LogP contribution < -0.4 is 9.64 Å². The summed E-state index contributed by atoms with van der Waals surface area (Å²) in [6.07, 6.45) is 5.07. The van der Waals surface area contributed by atoms with E-state index in [9.17, 15) is 4.79 Å². The number of aromatic nitrogens is 2. The molecule has 1 fully saturated rings. The first-order valence-corrected chi connectivity index (χ1v) is 9.99. The zero-order valence-corrected chi connectivity index (χ0v) is 16.7. The fourth-order valence-corrected chi connectivity index (χ4v) is 3.71. The van der Waals surface area contributed by atoms with Crippen LogP contribution in [-0.2, 0) is 11.2 Å². The highest BCUT2D eigenvalue weighted by Crippen LogP contribution is 2.28. The predicted octanol–water partition coefficient (Wildman–Crippen LogP) is 3.16. The van der Waals surface area contributed by atoms with Gasteiger partial charge in [0, 0.05) is 38.8 Å². The quantitative estimate of drug-likeness (QED) is 0.649. The number of carbonyl (C=O) groups excluding carboxylic acids is 1. The summed E-state index contributed by atoms with van der Waals surface area (Å²) in [6, 6.07) is 18.0. The monoisotopic (exact) mass is 390 g/mol. The van der Waals surface area contributed by atoms with Crippen molar-refractivity contribution in [3.05, 3.63) is 72.6 Å². The van der Waals surface area contributed by atoms with E-state index in [1.54, 1.807) is 7.11 Å². The Morgan fingerprint density at radius 3 is 2.48 bits per heavy atom. The molecule has 0 bridgehead atoms. The lowest BCUT2D eigenvalue weighted by Gasteiger charge is -2.36. The smallest absolute Gasteiger partial charge is 0.223 e. The standard InChI is InChI=1S/C23H26N4O2/c1-29-22-10-6-5-9-21(22)25-13-15-26(16-14-25)23(28)12-11-19-17-24-27(18-19)20-7-3-2-4-8-20/h2-10,17-18H,11-16H2,1H3. The summed E-state index contributed by atoms with van der Waals surface area (Å²) in [4.78, 5) is 16.9. The average molecular weight is 390 g/mol. The van der Waals surface area contributed by atoms with E-state index in [1.165, 1.54) is 0 Å². The molecule has 29 heavy (non-hydrogen) atoms. The molecule has 1 aliphatic heterocycles. The molecule has 0 N–H and O–H groups in total. The van der Waals surface area contributed by atoms with Crippen LogP contribution in [0.3, 0.4) is 0 Å². The Labute approximate surface area is 171 Å². The second kappa shape index (κ2) is 8.82. The van der Waals surface area contributed by atoms with Crippen LogP contribution in [0.15, 0.2) is 67.0 Å². The number of methoxy groups -OCH3 is 1. The lowest BCUT2D eigenvalue weighted by Crippen LogP contribution is -2.48. The molecule has 0 aliphatic carbocycles. The van der Waals surface area contributed by atoms with Gasteiger partial charge >= 0.3 is 0 Å². The molecule has 6 nitrogen and oxygen atoms in total. The van der Waals surface area contributed by atoms with Gasteiger partial charge in [0.15, 0.2) is 0 Å². The van der Waals surface area contributed by atoms with Crippen molar-refractivity contribution >= 4 is 11.6 Å². The fraction of sp³-hybridized carbons (Fsp3) is 0.304. The van der Waals surface area contributed by atoms with Crippen LogP contribution in [0.5, 0.6) is 5.75 Å². The first kappa shape index (κ1) is 19.1. The number of aryl methyl sites for hydroxylation is 1. The molecular formula is C23H26N4O2. The molecule has 1 amide bonds. The number of rotatable bonds is 6. The van der Waals surface area contributed by atoms with E-state index in [1.807, 2.05) is 70.5 Å². The Morgan fingerprint density at radius 2 is 1.72 bits per heavy atom. The van der Waals surface area contributed by atoms with Crippen LogP contribution in [0.25, 0.3) is 5.69 Å². The first-order chi connectivity index (χ1) is 14.2. The maximum atomic E-state index is 12.7. The molecule has 0 spiro atoms. The summed E-state index contributed by atoms with van der Waals surface area (Å²) in [5.41, 5.74) is 3.20. The molecule has 0 saturated carbocycles. The van der Waals surface area contributed by atoms with Gasteiger partial charge in [0.2, 0.25) is 5.91 Å². The van der Waals surface area contributed by atoms with Gasteiger partial charge in [-0.2, -0.15) is 5.10 Å². The van der Waals surface area contributed by atoms with Crippen molar-refractivity contribution in [1.82, 2.24) is 14.7 Å². The van der Waals surface area contributed by atoms with Crippen molar-refractivity contribution in [2.75, 3.05) is 38.2 Å². The molecule has 2 aromatic carbocycles. The third-order valence-corrected chi connectivity index (χ3v) is 5.34. The molecule has 3 aromatic rings. The third kappa shape index (κ3) is 4.42. The van der Waals surface area contributed by atoms with E-state index in [0.29, 0.717) is 12.8 Å². The minimum atomic E-state index is 0.206. The molecule has 1 aromatic heterocycles. The van der Waals surface area contributed by atoms with Gasteiger partial charge < -0.3 is 14.5 Å². The van der Waals surface area contributed by atoms with E-state index in [0.717, 1.165) is 48.9 Å². The van der Waals surface area contributed by atoms with Crippen LogP contribution in [0.1, 0.15) is 12.0 Å². The Kier molecular flexibility index (Phi) is 5.79. The van der Waals surface area contributed by atoms with Gasteiger partial charge in [0.05, 0.1) is 24.7 Å². The average Bonchev–Trinajstić information content (AvgIpc) is 3.27. The zero-order chi connectivity index (χ0) is 20.1. The predicted molar refractivity (Wildman–Crippen MR) is 114 cm³/mol. The van der Waals surface area contributed by atoms with Gasteiger partial charge in [-0.05, 0) is 36.2 Å². The zero-order valence-electron chi connectivity index (χ0n) is 16.7. The second-order valence-corrected chi connectivity index (χ2v) is 7.17. The van der Waals surface area contributed by atoms with Crippen molar-refractivity contribution in [3.63, 3.8) is 0 Å². The minimum absolute atomic E-state index is 0.206. The van der Waals surface area contributed by atoms with Gasteiger partial charge in [0.25, 0.3) is 0 Å². The normalized spacial score (nSPS) is 14.1. The molecule has 0 atom stereocenters. The van der Waals surface area contributed by atoms with Crippen molar-refractivity contribution in [1.29, 1.82) is 0 Å². The Balaban J connectivity index is 1.29. The number of nitrogens with zero attached hydrogens (tertiary/aromatic N) is 4. The number of hydrogen-bond acceptors (Lipinski definition) is 4. The number of anilines is 1. The highest BCUT2D eigenvalue weighted by Gasteiger charge is 2.22. The number of para-hydroxylation sites is 3. The van der Waals surface area contributed by atoms with E-state index in [4.69, 9.17) is 4.74 Å². The number of ether oxygens (including phenoxy) is 1. The SMILES string of the molecule is COc1ccccc1N1CCN(C(=O)CCc2cnn(-c3ccccc3)c2)CC1. The number of benzene rings is 2. The molecular weight excluding hydrogens is 364 g/mol. The molecule has 2 heterocycles. The van der Waals surface area contributed by atoms with Gasteiger partial charge in [-0.25, -0.2) is 4.68 Å². The number of hydrogen-bond donors (Lipinski definition) is 0. The summed E-state index contributed by atoms with van der Waals surface area (Å²) in [6.45, 7) is 3.11. The maximum absolute atomic E-state index is 12.7. The van der Waals surface area contributed by atoms with Crippen LogP contribution in [-0.4, -0.2) is 53.9 Å². The van der Waals surface area contributed by atoms with Crippen LogP contribution in [0.2, 0.25) is 0 Å². The van der Waals surface area contributed by atoms with Gasteiger partial charge in [0.1, 0.15) is 5.75 Å². The Hall–Kier alpha value is -3.28. The van der Waals surface area contributed by atoms with Crippen molar-refractivity contribution < 1.29 is 9.53 Å².